The maximum absolute atomic E-state index is 13.0. The van der Waals surface area contributed by atoms with Crippen LogP contribution in [0.15, 0.2) is 77.2 Å². The van der Waals surface area contributed by atoms with Crippen LogP contribution < -0.4 is 0 Å². The highest BCUT2D eigenvalue weighted by Crippen LogP contribution is 2.44. The van der Waals surface area contributed by atoms with E-state index in [1.165, 1.54) is 5.56 Å². The Labute approximate surface area is 208 Å². The summed E-state index contributed by atoms with van der Waals surface area (Å²) < 4.78 is 17.4. The number of aliphatic hydroxyl groups is 1. The molecule has 4 atom stereocenters. The number of furan rings is 1. The van der Waals surface area contributed by atoms with Crippen LogP contribution in [0.2, 0.25) is 0 Å². The number of carbonyl (C=O) groups excluding carboxylic acids is 1. The van der Waals surface area contributed by atoms with Gasteiger partial charge in [-0.25, -0.2) is 4.79 Å². The molecular formula is C30H36O5. The van der Waals surface area contributed by atoms with E-state index in [9.17, 15) is 9.90 Å². The van der Waals surface area contributed by atoms with Gasteiger partial charge < -0.3 is 19.0 Å². The summed E-state index contributed by atoms with van der Waals surface area (Å²) in [6, 6.07) is 23.6. The molecule has 1 aliphatic carbocycles. The largest absolute Gasteiger partial charge is 0.460 e. The monoisotopic (exact) mass is 476 g/mol. The maximum atomic E-state index is 13.0. The normalized spacial score (nSPS) is 21.4. The van der Waals surface area contributed by atoms with Crippen molar-refractivity contribution in [3.63, 3.8) is 0 Å². The third-order valence-electron chi connectivity index (χ3n) is 7.30. The van der Waals surface area contributed by atoms with Gasteiger partial charge in [-0.2, -0.15) is 0 Å². The lowest BCUT2D eigenvalue weighted by Gasteiger charge is -2.44. The first kappa shape index (κ1) is 25.2. The Bertz CT molecular complexity index is 1070. The van der Waals surface area contributed by atoms with E-state index in [0.717, 1.165) is 24.8 Å². The second-order valence-electron chi connectivity index (χ2n) is 10.3. The number of carbonyl (C=O) groups is 1. The van der Waals surface area contributed by atoms with E-state index < -0.39 is 12.1 Å². The van der Waals surface area contributed by atoms with Crippen LogP contribution in [0.4, 0.5) is 0 Å². The molecule has 0 bridgehead atoms. The number of hydrogen-bond acceptors (Lipinski definition) is 5. The molecule has 0 radical (unpaired) electrons. The molecule has 5 heteroatoms. The zero-order valence-electron chi connectivity index (χ0n) is 20.9. The minimum absolute atomic E-state index is 0.161. The molecule has 5 nitrogen and oxygen atoms in total. The van der Waals surface area contributed by atoms with Crippen molar-refractivity contribution >= 4 is 5.97 Å². The van der Waals surface area contributed by atoms with Gasteiger partial charge in [0.15, 0.2) is 0 Å². The summed E-state index contributed by atoms with van der Waals surface area (Å²) in [7, 11) is 0. The predicted molar refractivity (Wildman–Crippen MR) is 134 cm³/mol. The van der Waals surface area contributed by atoms with Gasteiger partial charge in [0.1, 0.15) is 24.2 Å². The van der Waals surface area contributed by atoms with Crippen LogP contribution in [0, 0.1) is 11.8 Å². The molecule has 4 rings (SSSR count). The standard InChI is InChI=1S/C30H36O5/c1-21-14-16-25(30(2,3)23-12-8-5-9-13-23)27(18-21)35-29(32)28(31)26-17-15-24(34-26)20-33-19-22-10-6-4-7-11-22/h4-13,15,17,21,25,27-28,31H,14,16,18-20H2,1-3H3/t21-,25-,27-,28-/m1/s1. The first-order valence-corrected chi connectivity index (χ1v) is 12.5. The highest BCUT2D eigenvalue weighted by molar-refractivity contribution is 5.75. The molecule has 0 aliphatic heterocycles. The Hall–Kier alpha value is -2.89. The number of hydrogen-bond donors (Lipinski definition) is 1. The molecule has 0 spiro atoms. The molecule has 1 aromatic heterocycles. The van der Waals surface area contributed by atoms with Crippen LogP contribution in [0.3, 0.4) is 0 Å². The summed E-state index contributed by atoms with van der Waals surface area (Å²) in [5.41, 5.74) is 2.13. The molecule has 2 aromatic carbocycles. The average Bonchev–Trinajstić information content (AvgIpc) is 3.33. The van der Waals surface area contributed by atoms with Crippen molar-refractivity contribution in [1.82, 2.24) is 0 Å². The Morgan fingerprint density at radius 2 is 1.69 bits per heavy atom. The number of ether oxygens (including phenoxy) is 2. The van der Waals surface area contributed by atoms with Crippen molar-refractivity contribution in [1.29, 1.82) is 0 Å². The molecular weight excluding hydrogens is 440 g/mol. The van der Waals surface area contributed by atoms with Crippen molar-refractivity contribution in [2.45, 2.75) is 70.9 Å². The average molecular weight is 477 g/mol. The number of benzene rings is 2. The lowest BCUT2D eigenvalue weighted by molar-refractivity contribution is -0.168. The topological polar surface area (TPSA) is 68.9 Å². The molecule has 1 saturated carbocycles. The third-order valence-corrected chi connectivity index (χ3v) is 7.30. The van der Waals surface area contributed by atoms with Gasteiger partial charge in [0.05, 0.1) is 6.61 Å². The van der Waals surface area contributed by atoms with Crippen molar-refractivity contribution in [2.75, 3.05) is 0 Å². The summed E-state index contributed by atoms with van der Waals surface area (Å²) in [6.07, 6.45) is 1.13. The van der Waals surface area contributed by atoms with Crippen LogP contribution >= 0.6 is 0 Å². The van der Waals surface area contributed by atoms with E-state index in [1.807, 2.05) is 48.5 Å². The van der Waals surface area contributed by atoms with Gasteiger partial charge in [-0.3, -0.25) is 0 Å². The van der Waals surface area contributed by atoms with Crippen LogP contribution in [0.25, 0.3) is 0 Å². The number of esters is 1. The van der Waals surface area contributed by atoms with Crippen molar-refractivity contribution in [3.8, 4) is 0 Å². The van der Waals surface area contributed by atoms with Gasteiger partial charge in [0, 0.05) is 5.92 Å². The third kappa shape index (κ3) is 6.22. The fourth-order valence-corrected chi connectivity index (χ4v) is 5.16. The summed E-state index contributed by atoms with van der Waals surface area (Å²) in [4.78, 5) is 13.0. The second-order valence-corrected chi connectivity index (χ2v) is 10.3. The smallest absolute Gasteiger partial charge is 0.343 e. The second kappa shape index (κ2) is 11.2. The lowest BCUT2D eigenvalue weighted by atomic mass is 9.64. The van der Waals surface area contributed by atoms with E-state index in [2.05, 4.69) is 32.9 Å². The molecule has 1 N–H and O–H groups in total. The van der Waals surface area contributed by atoms with Gasteiger partial charge in [-0.15, -0.1) is 0 Å². The molecule has 3 aromatic rings. The first-order valence-electron chi connectivity index (χ1n) is 12.5. The first-order chi connectivity index (χ1) is 16.8. The van der Waals surface area contributed by atoms with Crippen LogP contribution in [0.5, 0.6) is 0 Å². The van der Waals surface area contributed by atoms with Crippen molar-refractivity contribution in [3.05, 3.63) is 95.4 Å². The van der Waals surface area contributed by atoms with Crippen molar-refractivity contribution < 1.29 is 23.8 Å². The fraction of sp³-hybridized carbons (Fsp3) is 0.433. The highest BCUT2D eigenvalue weighted by Gasteiger charge is 2.42. The molecule has 35 heavy (non-hydrogen) atoms. The molecule has 1 heterocycles. The van der Waals surface area contributed by atoms with E-state index in [-0.39, 0.29) is 29.8 Å². The van der Waals surface area contributed by atoms with Gasteiger partial charge in [0.25, 0.3) is 0 Å². The minimum atomic E-state index is -1.46. The van der Waals surface area contributed by atoms with Gasteiger partial charge in [-0.05, 0) is 47.4 Å². The Kier molecular flexibility index (Phi) is 8.09. The molecule has 1 fully saturated rings. The van der Waals surface area contributed by atoms with Gasteiger partial charge in [0.2, 0.25) is 6.10 Å². The lowest BCUT2D eigenvalue weighted by Crippen LogP contribution is -2.44. The maximum Gasteiger partial charge on any atom is 0.343 e. The summed E-state index contributed by atoms with van der Waals surface area (Å²) in [6.45, 7) is 7.34. The summed E-state index contributed by atoms with van der Waals surface area (Å²) >= 11 is 0. The minimum Gasteiger partial charge on any atom is -0.460 e. The zero-order chi connectivity index (χ0) is 24.8. The Morgan fingerprint density at radius 1 is 1.00 bits per heavy atom. The molecule has 1 aliphatic rings. The molecule has 0 saturated heterocycles. The van der Waals surface area contributed by atoms with E-state index >= 15 is 0 Å². The quantitative estimate of drug-likeness (QED) is 0.364. The van der Waals surface area contributed by atoms with Gasteiger partial charge >= 0.3 is 5.97 Å². The van der Waals surface area contributed by atoms with Crippen molar-refractivity contribution in [2.24, 2.45) is 11.8 Å². The van der Waals surface area contributed by atoms with Gasteiger partial charge in [-0.1, -0.05) is 87.9 Å². The fourth-order valence-electron chi connectivity index (χ4n) is 5.16. The summed E-state index contributed by atoms with van der Waals surface area (Å²) in [5, 5.41) is 10.7. The van der Waals surface area contributed by atoms with Crippen LogP contribution in [-0.4, -0.2) is 17.2 Å². The summed E-state index contributed by atoms with van der Waals surface area (Å²) in [5.74, 6) is 0.692. The highest BCUT2D eigenvalue weighted by atomic mass is 16.6. The molecule has 0 unspecified atom stereocenters. The van der Waals surface area contributed by atoms with Crippen LogP contribution in [0.1, 0.15) is 68.8 Å². The van der Waals surface area contributed by atoms with Crippen LogP contribution in [-0.2, 0) is 32.9 Å². The molecule has 186 valence electrons. The molecule has 0 amide bonds. The van der Waals surface area contributed by atoms with E-state index in [4.69, 9.17) is 13.9 Å². The number of aliphatic hydroxyl groups excluding tert-OH is 1. The van der Waals surface area contributed by atoms with E-state index in [1.54, 1.807) is 12.1 Å². The predicted octanol–water partition coefficient (Wildman–Crippen LogP) is 6.36. The Morgan fingerprint density at radius 3 is 2.40 bits per heavy atom. The number of rotatable bonds is 9. The zero-order valence-corrected chi connectivity index (χ0v) is 20.9. The Balaban J connectivity index is 1.38. The SMILES string of the molecule is C[C@@H]1CC[C@@H](C(C)(C)c2ccccc2)[C@H](OC(=O)[C@H](O)c2ccc(COCc3ccccc3)o2)C1. The van der Waals surface area contributed by atoms with E-state index in [0.29, 0.717) is 18.3 Å².